The van der Waals surface area contributed by atoms with Gasteiger partial charge in [-0.15, -0.1) is 5.10 Å². The second kappa shape index (κ2) is 9.03. The Bertz CT molecular complexity index is 1190. The van der Waals surface area contributed by atoms with E-state index in [2.05, 4.69) is 5.10 Å². The minimum atomic E-state index is -3.54. The van der Waals surface area contributed by atoms with Crippen molar-refractivity contribution in [3.05, 3.63) is 82.6 Å². The number of hydrogen-bond donors (Lipinski definition) is 0. The van der Waals surface area contributed by atoms with E-state index in [0.717, 1.165) is 12.0 Å². The van der Waals surface area contributed by atoms with Gasteiger partial charge >= 0.3 is 0 Å². The molecule has 0 N–H and O–H groups in total. The summed E-state index contributed by atoms with van der Waals surface area (Å²) in [4.78, 5) is 14.7. The Morgan fingerprint density at radius 3 is 2.32 bits per heavy atom. The molecule has 0 spiro atoms. The zero-order chi connectivity index (χ0) is 21.8. The number of nitrogens with zero attached hydrogens (tertiary/aromatic N) is 4. The number of aromatic nitrogens is 2. The summed E-state index contributed by atoms with van der Waals surface area (Å²) in [5.74, 6) is 0.662. The topological polar surface area (TPSA) is 75.5 Å². The maximum absolute atomic E-state index is 13.1. The van der Waals surface area contributed by atoms with Crippen molar-refractivity contribution in [2.45, 2.75) is 24.7 Å². The minimum absolute atomic E-state index is 0.204. The van der Waals surface area contributed by atoms with E-state index in [9.17, 15) is 13.2 Å². The van der Waals surface area contributed by atoms with E-state index in [1.165, 1.54) is 10.7 Å². The molecular weight excluding hydrogens is 412 g/mol. The Kier molecular flexibility index (Phi) is 6.20. The number of benzene rings is 2. The fourth-order valence-corrected chi connectivity index (χ4v) is 5.20. The average molecular weight is 439 g/mol. The van der Waals surface area contributed by atoms with Crippen LogP contribution in [-0.4, -0.2) is 48.7 Å². The zero-order valence-corrected chi connectivity index (χ0v) is 18.3. The van der Waals surface area contributed by atoms with Crippen molar-refractivity contribution >= 4 is 15.8 Å². The lowest BCUT2D eigenvalue weighted by Crippen LogP contribution is -2.36. The van der Waals surface area contributed by atoms with Gasteiger partial charge in [-0.1, -0.05) is 37.3 Å². The maximum Gasteiger partial charge on any atom is 0.271 e. The highest BCUT2D eigenvalue weighted by Gasteiger charge is 2.27. The molecule has 0 aliphatic carbocycles. The van der Waals surface area contributed by atoms with Crippen molar-refractivity contribution in [3.63, 3.8) is 0 Å². The number of anilines is 1. The van der Waals surface area contributed by atoms with Crippen molar-refractivity contribution in [2.24, 2.45) is 0 Å². The minimum Gasteiger partial charge on any atom is -0.354 e. The Balaban J connectivity index is 1.53. The van der Waals surface area contributed by atoms with Crippen LogP contribution in [0.3, 0.4) is 0 Å². The van der Waals surface area contributed by atoms with Gasteiger partial charge in [0.15, 0.2) is 0 Å². The summed E-state index contributed by atoms with van der Waals surface area (Å²) in [7, 11) is -3.54. The van der Waals surface area contributed by atoms with E-state index < -0.39 is 10.0 Å². The first kappa shape index (κ1) is 21.3. The third kappa shape index (κ3) is 4.55. The molecule has 31 heavy (non-hydrogen) atoms. The molecule has 1 aromatic heterocycles. The van der Waals surface area contributed by atoms with E-state index >= 15 is 0 Å². The van der Waals surface area contributed by atoms with Gasteiger partial charge in [0.05, 0.1) is 10.6 Å². The van der Waals surface area contributed by atoms with Crippen molar-refractivity contribution < 1.29 is 8.42 Å². The van der Waals surface area contributed by atoms with Crippen LogP contribution >= 0.6 is 0 Å². The largest absolute Gasteiger partial charge is 0.354 e. The molecule has 8 heteroatoms. The van der Waals surface area contributed by atoms with E-state index in [1.807, 2.05) is 54.3 Å². The van der Waals surface area contributed by atoms with Crippen LogP contribution in [0.15, 0.2) is 76.4 Å². The number of rotatable bonds is 5. The lowest BCUT2D eigenvalue weighted by molar-refractivity contribution is 0.433. The SMILES string of the molecule is CCc1ccc(S(=O)(=O)N2CCCN(c3ccc(=O)n(-c4ccccc4)n3)CC2)cc1. The van der Waals surface area contributed by atoms with Crippen LogP contribution in [-0.2, 0) is 16.4 Å². The summed E-state index contributed by atoms with van der Waals surface area (Å²) in [6, 6.07) is 19.6. The van der Waals surface area contributed by atoms with Gasteiger partial charge in [-0.3, -0.25) is 4.79 Å². The average Bonchev–Trinajstić information content (AvgIpc) is 3.07. The first-order chi connectivity index (χ1) is 15.0. The summed E-state index contributed by atoms with van der Waals surface area (Å²) in [6.07, 6.45) is 1.55. The van der Waals surface area contributed by atoms with Crippen molar-refractivity contribution in [3.8, 4) is 5.69 Å². The van der Waals surface area contributed by atoms with E-state index in [0.29, 0.717) is 49.0 Å². The van der Waals surface area contributed by atoms with E-state index in [4.69, 9.17) is 0 Å². The van der Waals surface area contributed by atoms with Gasteiger partial charge in [0, 0.05) is 32.2 Å². The molecule has 4 rings (SSSR count). The highest BCUT2D eigenvalue weighted by Crippen LogP contribution is 2.20. The molecule has 162 valence electrons. The molecule has 2 heterocycles. The lowest BCUT2D eigenvalue weighted by Gasteiger charge is -2.23. The fraction of sp³-hybridized carbons (Fsp3) is 0.304. The van der Waals surface area contributed by atoms with Crippen LogP contribution in [0.1, 0.15) is 18.9 Å². The van der Waals surface area contributed by atoms with Crippen LogP contribution in [0, 0.1) is 0 Å². The van der Waals surface area contributed by atoms with Crippen molar-refractivity contribution in [1.29, 1.82) is 0 Å². The van der Waals surface area contributed by atoms with Crippen LogP contribution < -0.4 is 10.5 Å². The van der Waals surface area contributed by atoms with Gasteiger partial charge in [-0.25, -0.2) is 8.42 Å². The standard InChI is InChI=1S/C23H26N4O3S/c1-2-19-9-11-21(12-10-19)31(29,30)26-16-6-15-25(17-18-26)22-13-14-23(28)27(24-22)20-7-4-3-5-8-20/h3-5,7-14H,2,6,15-18H2,1H3. The van der Waals surface area contributed by atoms with Gasteiger partial charge in [-0.05, 0) is 48.7 Å². The fourth-order valence-electron chi connectivity index (χ4n) is 3.73. The smallest absolute Gasteiger partial charge is 0.271 e. The van der Waals surface area contributed by atoms with Crippen molar-refractivity contribution in [1.82, 2.24) is 14.1 Å². The molecular formula is C23H26N4O3S. The molecule has 0 amide bonds. The molecule has 1 aliphatic rings. The molecule has 3 aromatic rings. The number of aryl methyl sites for hydroxylation is 1. The van der Waals surface area contributed by atoms with Crippen LogP contribution in [0.25, 0.3) is 5.69 Å². The highest BCUT2D eigenvalue weighted by atomic mass is 32.2. The van der Waals surface area contributed by atoms with Crippen LogP contribution in [0.5, 0.6) is 0 Å². The summed E-state index contributed by atoms with van der Waals surface area (Å²) < 4.78 is 29.1. The molecule has 1 fully saturated rings. The maximum atomic E-state index is 13.1. The van der Waals surface area contributed by atoms with Crippen molar-refractivity contribution in [2.75, 3.05) is 31.1 Å². The Morgan fingerprint density at radius 1 is 0.871 bits per heavy atom. The van der Waals surface area contributed by atoms with Gasteiger partial charge in [-0.2, -0.15) is 8.99 Å². The quantitative estimate of drug-likeness (QED) is 0.612. The number of sulfonamides is 1. The van der Waals surface area contributed by atoms with Gasteiger partial charge in [0.1, 0.15) is 5.82 Å². The molecule has 0 bridgehead atoms. The zero-order valence-electron chi connectivity index (χ0n) is 17.5. The molecule has 0 saturated carbocycles. The Labute approximate surface area is 182 Å². The first-order valence-corrected chi connectivity index (χ1v) is 11.9. The monoisotopic (exact) mass is 438 g/mol. The normalized spacial score (nSPS) is 15.6. The van der Waals surface area contributed by atoms with E-state index in [1.54, 1.807) is 22.5 Å². The second-order valence-corrected chi connectivity index (χ2v) is 9.46. The van der Waals surface area contributed by atoms with Crippen LogP contribution in [0.4, 0.5) is 5.82 Å². The summed E-state index contributed by atoms with van der Waals surface area (Å²) in [5.41, 5.74) is 1.61. The molecule has 1 saturated heterocycles. The predicted octanol–water partition coefficient (Wildman–Crippen LogP) is 2.70. The third-order valence-electron chi connectivity index (χ3n) is 5.54. The second-order valence-electron chi connectivity index (χ2n) is 7.52. The van der Waals surface area contributed by atoms with E-state index in [-0.39, 0.29) is 5.56 Å². The predicted molar refractivity (Wildman–Crippen MR) is 121 cm³/mol. The molecule has 2 aromatic carbocycles. The lowest BCUT2D eigenvalue weighted by atomic mass is 10.2. The first-order valence-electron chi connectivity index (χ1n) is 10.5. The molecule has 0 radical (unpaired) electrons. The summed E-state index contributed by atoms with van der Waals surface area (Å²) in [5, 5.41) is 4.53. The molecule has 1 aliphatic heterocycles. The Hall–Kier alpha value is -2.97. The van der Waals surface area contributed by atoms with Gasteiger partial charge < -0.3 is 4.90 Å². The third-order valence-corrected chi connectivity index (χ3v) is 7.45. The molecule has 0 atom stereocenters. The summed E-state index contributed by atoms with van der Waals surface area (Å²) >= 11 is 0. The molecule has 7 nitrogen and oxygen atoms in total. The van der Waals surface area contributed by atoms with Crippen LogP contribution in [0.2, 0.25) is 0 Å². The Morgan fingerprint density at radius 2 is 1.61 bits per heavy atom. The highest BCUT2D eigenvalue weighted by molar-refractivity contribution is 7.89. The number of hydrogen-bond acceptors (Lipinski definition) is 5. The van der Waals surface area contributed by atoms with Gasteiger partial charge in [0.2, 0.25) is 10.0 Å². The summed E-state index contributed by atoms with van der Waals surface area (Å²) in [6.45, 7) is 4.03. The van der Waals surface area contributed by atoms with Gasteiger partial charge in [0.25, 0.3) is 5.56 Å². The number of para-hydroxylation sites is 1. The molecule has 0 unspecified atom stereocenters.